The second-order valence-electron chi connectivity index (χ2n) is 7.49. The maximum Gasteiger partial charge on any atom is 0.136 e. The highest BCUT2D eigenvalue weighted by Gasteiger charge is 2.34. The molecule has 1 aliphatic rings. The molecule has 0 saturated carbocycles. The normalized spacial score (nSPS) is 18.2. The van der Waals surface area contributed by atoms with Gasteiger partial charge in [0.1, 0.15) is 11.3 Å². The Hall–Kier alpha value is -2.78. The molecule has 2 nitrogen and oxygen atoms in total. The molecule has 28 heavy (non-hydrogen) atoms. The fourth-order valence-electron chi connectivity index (χ4n) is 4.09. The van der Waals surface area contributed by atoms with Crippen molar-refractivity contribution < 1.29 is 4.42 Å². The van der Waals surface area contributed by atoms with Crippen LogP contribution in [-0.4, -0.2) is 0 Å². The zero-order valence-electron chi connectivity index (χ0n) is 15.6. The summed E-state index contributed by atoms with van der Waals surface area (Å²) in [6, 6.07) is 25.4. The summed E-state index contributed by atoms with van der Waals surface area (Å²) in [6.45, 7) is 2.25. The van der Waals surface area contributed by atoms with Crippen LogP contribution in [-0.2, 0) is 5.54 Å². The van der Waals surface area contributed by atoms with Crippen LogP contribution in [0.5, 0.6) is 0 Å². The molecule has 1 heterocycles. The first-order valence-electron chi connectivity index (χ1n) is 9.45. The van der Waals surface area contributed by atoms with Gasteiger partial charge in [0.2, 0.25) is 0 Å². The van der Waals surface area contributed by atoms with Gasteiger partial charge in [0, 0.05) is 21.1 Å². The SMILES string of the molecule is CC1(Nc2ccc(-c3ccccc3)cc2)CC=Cc2oc3cc(Br)ccc3c21. The van der Waals surface area contributed by atoms with Gasteiger partial charge in [0.05, 0.1) is 5.54 Å². The highest BCUT2D eigenvalue weighted by Crippen LogP contribution is 2.43. The number of nitrogens with one attached hydrogen (secondary N) is 1. The predicted molar refractivity (Wildman–Crippen MR) is 120 cm³/mol. The molecule has 0 spiro atoms. The number of rotatable bonds is 3. The molecule has 138 valence electrons. The fraction of sp³-hybridized carbons (Fsp3) is 0.120. The summed E-state index contributed by atoms with van der Waals surface area (Å²) in [5.41, 5.74) is 5.48. The van der Waals surface area contributed by atoms with Crippen molar-refractivity contribution in [2.45, 2.75) is 18.9 Å². The van der Waals surface area contributed by atoms with E-state index in [-0.39, 0.29) is 5.54 Å². The van der Waals surface area contributed by atoms with Gasteiger partial charge in [-0.25, -0.2) is 0 Å². The van der Waals surface area contributed by atoms with Crippen molar-refractivity contribution in [1.29, 1.82) is 0 Å². The molecular weight excluding hydrogens is 410 g/mol. The van der Waals surface area contributed by atoms with Crippen LogP contribution < -0.4 is 5.32 Å². The van der Waals surface area contributed by atoms with Gasteiger partial charge in [-0.1, -0.05) is 64.5 Å². The Morgan fingerprint density at radius 2 is 1.68 bits per heavy atom. The first kappa shape index (κ1) is 17.3. The van der Waals surface area contributed by atoms with Gasteiger partial charge in [-0.05, 0) is 60.9 Å². The van der Waals surface area contributed by atoms with E-state index in [1.807, 2.05) is 12.1 Å². The lowest BCUT2D eigenvalue weighted by molar-refractivity contribution is 0.518. The van der Waals surface area contributed by atoms with E-state index in [4.69, 9.17) is 4.42 Å². The molecular formula is C25H20BrNO. The van der Waals surface area contributed by atoms with Crippen molar-refractivity contribution in [2.75, 3.05) is 5.32 Å². The maximum absolute atomic E-state index is 6.12. The second kappa shape index (κ2) is 6.68. The highest BCUT2D eigenvalue weighted by molar-refractivity contribution is 9.10. The Morgan fingerprint density at radius 1 is 0.929 bits per heavy atom. The van der Waals surface area contributed by atoms with Crippen molar-refractivity contribution >= 4 is 38.7 Å². The largest absolute Gasteiger partial charge is 0.456 e. The summed E-state index contributed by atoms with van der Waals surface area (Å²) >= 11 is 3.54. The number of hydrogen-bond donors (Lipinski definition) is 1. The number of furan rings is 1. The first-order valence-corrected chi connectivity index (χ1v) is 10.2. The van der Waals surface area contributed by atoms with Crippen LogP contribution in [0.2, 0.25) is 0 Å². The minimum atomic E-state index is -0.225. The maximum atomic E-state index is 6.12. The Kier molecular flexibility index (Phi) is 4.13. The van der Waals surface area contributed by atoms with E-state index >= 15 is 0 Å². The molecule has 3 aromatic carbocycles. The summed E-state index contributed by atoms with van der Waals surface area (Å²) in [7, 11) is 0. The van der Waals surface area contributed by atoms with E-state index in [2.05, 4.69) is 101 Å². The molecule has 4 aromatic rings. The lowest BCUT2D eigenvalue weighted by atomic mass is 9.82. The van der Waals surface area contributed by atoms with Crippen molar-refractivity contribution in [3.8, 4) is 11.1 Å². The standard InChI is InChI=1S/C25H20BrNO/c1-25(27-20-12-9-18(10-13-20)17-6-3-2-4-7-17)15-5-8-22-24(25)21-14-11-19(26)16-23(21)28-22/h2-14,16,27H,15H2,1H3. The smallest absolute Gasteiger partial charge is 0.136 e. The molecule has 0 radical (unpaired) electrons. The van der Waals surface area contributed by atoms with Gasteiger partial charge in [0.15, 0.2) is 0 Å². The molecule has 0 aliphatic heterocycles. The van der Waals surface area contributed by atoms with Gasteiger partial charge in [-0.15, -0.1) is 0 Å². The van der Waals surface area contributed by atoms with Crippen LogP contribution >= 0.6 is 15.9 Å². The fourth-order valence-corrected chi connectivity index (χ4v) is 4.43. The zero-order chi connectivity index (χ0) is 19.1. The first-order chi connectivity index (χ1) is 13.6. The topological polar surface area (TPSA) is 25.2 Å². The molecule has 5 rings (SSSR count). The molecule has 0 amide bonds. The van der Waals surface area contributed by atoms with Gasteiger partial charge in [0.25, 0.3) is 0 Å². The highest BCUT2D eigenvalue weighted by atomic mass is 79.9. The lowest BCUT2D eigenvalue weighted by Gasteiger charge is -2.33. The van der Waals surface area contributed by atoms with E-state index in [9.17, 15) is 0 Å². The Bertz CT molecular complexity index is 1170. The van der Waals surface area contributed by atoms with Crippen molar-refractivity contribution in [1.82, 2.24) is 0 Å². The van der Waals surface area contributed by atoms with Crippen molar-refractivity contribution in [3.05, 3.63) is 94.7 Å². The van der Waals surface area contributed by atoms with Gasteiger partial charge >= 0.3 is 0 Å². The predicted octanol–water partition coefficient (Wildman–Crippen LogP) is 7.61. The van der Waals surface area contributed by atoms with E-state index in [1.54, 1.807) is 0 Å². The summed E-state index contributed by atoms with van der Waals surface area (Å²) in [6.07, 6.45) is 5.18. The number of benzene rings is 3. The third kappa shape index (κ3) is 2.96. The molecule has 0 saturated heterocycles. The molecule has 1 unspecified atom stereocenters. The van der Waals surface area contributed by atoms with Crippen LogP contribution in [0.15, 0.2) is 87.8 Å². The Labute approximate surface area is 173 Å². The summed E-state index contributed by atoms with van der Waals surface area (Å²) in [5.74, 6) is 0.940. The summed E-state index contributed by atoms with van der Waals surface area (Å²) in [5, 5.41) is 4.93. The summed E-state index contributed by atoms with van der Waals surface area (Å²) in [4.78, 5) is 0. The quantitative estimate of drug-likeness (QED) is 0.362. The van der Waals surface area contributed by atoms with E-state index < -0.39 is 0 Å². The van der Waals surface area contributed by atoms with Crippen LogP contribution in [0.3, 0.4) is 0 Å². The zero-order valence-corrected chi connectivity index (χ0v) is 17.2. The number of fused-ring (bicyclic) bond motifs is 3. The summed E-state index contributed by atoms with van der Waals surface area (Å²) < 4.78 is 7.15. The molecule has 0 bridgehead atoms. The minimum absolute atomic E-state index is 0.225. The number of hydrogen-bond acceptors (Lipinski definition) is 2. The molecule has 1 N–H and O–H groups in total. The van der Waals surface area contributed by atoms with Gasteiger partial charge < -0.3 is 9.73 Å². The Balaban J connectivity index is 1.51. The Morgan fingerprint density at radius 3 is 2.46 bits per heavy atom. The molecule has 0 fully saturated rings. The molecule has 1 aliphatic carbocycles. The van der Waals surface area contributed by atoms with Crippen molar-refractivity contribution in [2.24, 2.45) is 0 Å². The average molecular weight is 430 g/mol. The van der Waals surface area contributed by atoms with E-state index in [0.29, 0.717) is 0 Å². The van der Waals surface area contributed by atoms with E-state index in [0.717, 1.165) is 27.9 Å². The third-order valence-corrected chi connectivity index (χ3v) is 5.93. The third-order valence-electron chi connectivity index (χ3n) is 5.44. The lowest BCUT2D eigenvalue weighted by Crippen LogP contribution is -2.33. The number of halogens is 1. The van der Waals surface area contributed by atoms with Crippen LogP contribution in [0.25, 0.3) is 28.2 Å². The number of anilines is 1. The monoisotopic (exact) mass is 429 g/mol. The molecule has 1 aromatic heterocycles. The molecule has 1 atom stereocenters. The second-order valence-corrected chi connectivity index (χ2v) is 8.40. The van der Waals surface area contributed by atoms with Crippen LogP contribution in [0.1, 0.15) is 24.7 Å². The van der Waals surface area contributed by atoms with Crippen LogP contribution in [0, 0.1) is 0 Å². The van der Waals surface area contributed by atoms with Crippen LogP contribution in [0.4, 0.5) is 5.69 Å². The van der Waals surface area contributed by atoms with E-state index in [1.165, 1.54) is 22.1 Å². The van der Waals surface area contributed by atoms with Gasteiger partial charge in [-0.2, -0.15) is 0 Å². The minimum Gasteiger partial charge on any atom is -0.456 e. The van der Waals surface area contributed by atoms with Gasteiger partial charge in [-0.3, -0.25) is 0 Å². The average Bonchev–Trinajstić information content (AvgIpc) is 3.08. The van der Waals surface area contributed by atoms with Crippen molar-refractivity contribution in [3.63, 3.8) is 0 Å². The molecule has 3 heteroatoms.